The first-order chi connectivity index (χ1) is 24.5. The van der Waals surface area contributed by atoms with Gasteiger partial charge in [-0.3, -0.25) is 9.36 Å². The number of carbonyl (C=O) groups is 1. The molecule has 2 unspecified atom stereocenters. The standard InChI is InChI=1S/C38H77F2N2O7PS/c1-4-6-8-10-12-14-16-18-20-22-26-48-32-35(49-27-23-21-19-17-15-13-11-9-7-5-2)33-51-34-36(41)37(43)42-25-29-47-31-30-46-28-24-38(39,40)50(3,44)45/h35-36H,4-34,41H2,1-3H3,(H,42,43)(H,44,45)/t35?,36-/m0/s1. The maximum atomic E-state index is 13.5. The summed E-state index contributed by atoms with van der Waals surface area (Å²) >= 11 is 1.60. The van der Waals surface area contributed by atoms with Crippen molar-refractivity contribution >= 4 is 25.0 Å². The van der Waals surface area contributed by atoms with Gasteiger partial charge in [-0.05, 0) is 12.8 Å². The summed E-state index contributed by atoms with van der Waals surface area (Å²) in [6.07, 6.45) is 24.9. The van der Waals surface area contributed by atoms with E-state index in [9.17, 15) is 18.1 Å². The molecule has 1 amide bonds. The highest BCUT2D eigenvalue weighted by atomic mass is 32.2. The smallest absolute Gasteiger partial charge is 0.323 e. The van der Waals surface area contributed by atoms with Crippen molar-refractivity contribution in [2.24, 2.45) is 5.73 Å². The molecule has 0 saturated carbocycles. The Hall–Kier alpha value is -0.330. The van der Waals surface area contributed by atoms with E-state index < -0.39 is 25.5 Å². The van der Waals surface area contributed by atoms with Crippen molar-refractivity contribution in [1.29, 1.82) is 0 Å². The van der Waals surface area contributed by atoms with Gasteiger partial charge in [0.25, 0.3) is 7.37 Å². The van der Waals surface area contributed by atoms with Crippen LogP contribution in [0.5, 0.6) is 0 Å². The summed E-state index contributed by atoms with van der Waals surface area (Å²) in [5.74, 6) is 0.901. The molecule has 0 aromatic heterocycles. The van der Waals surface area contributed by atoms with E-state index in [4.69, 9.17) is 29.6 Å². The van der Waals surface area contributed by atoms with Crippen molar-refractivity contribution in [1.82, 2.24) is 5.32 Å². The van der Waals surface area contributed by atoms with Gasteiger partial charge in [0.2, 0.25) is 5.91 Å². The summed E-state index contributed by atoms with van der Waals surface area (Å²) in [5.41, 5.74) is 2.46. The van der Waals surface area contributed by atoms with Gasteiger partial charge in [0.1, 0.15) is 0 Å². The molecule has 306 valence electrons. The van der Waals surface area contributed by atoms with Gasteiger partial charge in [0.05, 0.1) is 45.2 Å². The molecular weight excluding hydrogens is 697 g/mol. The number of rotatable bonds is 40. The molecule has 0 rings (SSSR count). The highest BCUT2D eigenvalue weighted by Crippen LogP contribution is 2.55. The fourth-order valence-electron chi connectivity index (χ4n) is 5.39. The van der Waals surface area contributed by atoms with Crippen LogP contribution in [0, 0.1) is 0 Å². The molecule has 51 heavy (non-hydrogen) atoms. The van der Waals surface area contributed by atoms with E-state index in [-0.39, 0.29) is 45.0 Å². The third-order valence-electron chi connectivity index (χ3n) is 8.81. The number of thioether (sulfide) groups is 1. The molecule has 0 spiro atoms. The van der Waals surface area contributed by atoms with Crippen molar-refractivity contribution in [3.8, 4) is 0 Å². The van der Waals surface area contributed by atoms with E-state index in [1.54, 1.807) is 11.8 Å². The van der Waals surface area contributed by atoms with E-state index in [2.05, 4.69) is 19.2 Å². The second-order valence-corrected chi connectivity index (χ2v) is 17.4. The normalized spacial score (nSPS) is 14.4. The van der Waals surface area contributed by atoms with Crippen molar-refractivity contribution in [3.05, 3.63) is 0 Å². The number of nitrogens with two attached hydrogens (primary N) is 1. The van der Waals surface area contributed by atoms with E-state index in [0.717, 1.165) is 26.1 Å². The van der Waals surface area contributed by atoms with Crippen LogP contribution >= 0.6 is 19.1 Å². The summed E-state index contributed by atoms with van der Waals surface area (Å²) < 4.78 is 60.8. The highest BCUT2D eigenvalue weighted by Gasteiger charge is 2.44. The van der Waals surface area contributed by atoms with Crippen LogP contribution in [0.4, 0.5) is 8.78 Å². The molecule has 0 fully saturated rings. The lowest BCUT2D eigenvalue weighted by molar-refractivity contribution is -0.122. The zero-order chi connectivity index (χ0) is 37.9. The Kier molecular flexibility index (Phi) is 35.1. The molecule has 0 aromatic rings. The second-order valence-electron chi connectivity index (χ2n) is 13.9. The third kappa shape index (κ3) is 32.8. The Labute approximate surface area is 314 Å². The Balaban J connectivity index is 4.22. The number of halogens is 2. The van der Waals surface area contributed by atoms with Gasteiger partial charge in [-0.1, -0.05) is 129 Å². The van der Waals surface area contributed by atoms with Crippen LogP contribution in [0.15, 0.2) is 0 Å². The van der Waals surface area contributed by atoms with Gasteiger partial charge < -0.3 is 34.9 Å². The average Bonchev–Trinajstić information content (AvgIpc) is 3.09. The Bertz CT molecular complexity index is 829. The molecule has 0 heterocycles. The van der Waals surface area contributed by atoms with Crippen LogP contribution in [0.1, 0.15) is 149 Å². The Morgan fingerprint density at radius 3 is 1.69 bits per heavy atom. The van der Waals surface area contributed by atoms with Gasteiger partial charge in [0, 0.05) is 44.3 Å². The minimum absolute atomic E-state index is 0.0380. The zero-order valence-electron chi connectivity index (χ0n) is 32.7. The van der Waals surface area contributed by atoms with E-state index in [1.807, 2.05) is 0 Å². The number of hydrogen-bond donors (Lipinski definition) is 3. The summed E-state index contributed by atoms with van der Waals surface area (Å²) in [4.78, 5) is 21.5. The molecule has 0 aliphatic carbocycles. The summed E-state index contributed by atoms with van der Waals surface area (Å²) in [7, 11) is -4.51. The molecule has 0 bridgehead atoms. The lowest BCUT2D eigenvalue weighted by atomic mass is 10.1. The number of amides is 1. The number of hydrogen-bond acceptors (Lipinski definition) is 8. The number of unbranched alkanes of at least 4 members (excludes halogenated alkanes) is 18. The topological polar surface area (TPSA) is 129 Å². The Morgan fingerprint density at radius 2 is 1.18 bits per heavy atom. The number of alkyl halides is 2. The van der Waals surface area contributed by atoms with Crippen LogP contribution in [-0.4, -0.2) is 99.6 Å². The first-order valence-electron chi connectivity index (χ1n) is 20.2. The lowest BCUT2D eigenvalue weighted by Crippen LogP contribution is -2.43. The highest BCUT2D eigenvalue weighted by molar-refractivity contribution is 7.99. The molecule has 3 atom stereocenters. The molecule has 4 N–H and O–H groups in total. The first-order valence-corrected chi connectivity index (χ1v) is 23.4. The molecule has 13 heteroatoms. The maximum absolute atomic E-state index is 13.5. The van der Waals surface area contributed by atoms with Crippen LogP contribution in [0.2, 0.25) is 0 Å². The van der Waals surface area contributed by atoms with Crippen molar-refractivity contribution < 1.29 is 42.0 Å². The fourth-order valence-corrected chi connectivity index (χ4v) is 6.90. The first kappa shape index (κ1) is 50.7. The minimum Gasteiger partial charge on any atom is -0.379 e. The molecule has 0 radical (unpaired) electrons. The lowest BCUT2D eigenvalue weighted by Gasteiger charge is -2.19. The van der Waals surface area contributed by atoms with Crippen LogP contribution in [0.3, 0.4) is 0 Å². The summed E-state index contributed by atoms with van der Waals surface area (Å²) in [6, 6.07) is -0.670. The molecule has 0 aliphatic rings. The SMILES string of the molecule is CCCCCCCCCCCCOCC(CSC[C@H](N)C(=O)NCCOCCOCCC(F)(F)P(C)(=O)O)OCCCCCCCCCCCC. The summed E-state index contributed by atoms with van der Waals surface area (Å²) in [5, 5.41) is 2.76. The summed E-state index contributed by atoms with van der Waals surface area (Å²) in [6.45, 7) is 7.49. The average molecular weight is 775 g/mol. The largest absolute Gasteiger partial charge is 0.379 e. The molecular formula is C38H77F2N2O7PS. The van der Waals surface area contributed by atoms with Crippen molar-refractivity contribution in [2.45, 2.75) is 166 Å². The maximum Gasteiger partial charge on any atom is 0.323 e. The van der Waals surface area contributed by atoms with Crippen LogP contribution in [0.25, 0.3) is 0 Å². The predicted molar refractivity (Wildman–Crippen MR) is 210 cm³/mol. The van der Waals surface area contributed by atoms with Gasteiger partial charge in [-0.2, -0.15) is 20.5 Å². The van der Waals surface area contributed by atoms with Crippen LogP contribution in [-0.2, 0) is 28.3 Å². The number of ether oxygens (including phenoxy) is 4. The van der Waals surface area contributed by atoms with Crippen molar-refractivity contribution in [2.75, 3.05) is 71.0 Å². The predicted octanol–water partition coefficient (Wildman–Crippen LogP) is 9.32. The van der Waals surface area contributed by atoms with E-state index in [1.165, 1.54) is 116 Å². The van der Waals surface area contributed by atoms with Gasteiger partial charge in [-0.15, -0.1) is 0 Å². The third-order valence-corrected chi connectivity index (χ3v) is 11.4. The molecule has 9 nitrogen and oxygen atoms in total. The van der Waals surface area contributed by atoms with Gasteiger partial charge in [-0.25, -0.2) is 0 Å². The van der Waals surface area contributed by atoms with E-state index in [0.29, 0.717) is 24.8 Å². The van der Waals surface area contributed by atoms with Crippen LogP contribution < -0.4 is 11.1 Å². The van der Waals surface area contributed by atoms with Crippen molar-refractivity contribution in [3.63, 3.8) is 0 Å². The van der Waals surface area contributed by atoms with Gasteiger partial charge >= 0.3 is 5.66 Å². The fraction of sp³-hybridized carbons (Fsp3) is 0.974. The molecule has 0 aliphatic heterocycles. The van der Waals surface area contributed by atoms with E-state index >= 15 is 0 Å². The monoisotopic (exact) mass is 775 g/mol. The minimum atomic E-state index is -4.51. The number of carbonyl (C=O) groups excluding carboxylic acids is 1. The van der Waals surface area contributed by atoms with Gasteiger partial charge in [0.15, 0.2) is 0 Å². The Morgan fingerprint density at radius 1 is 0.706 bits per heavy atom. The second kappa shape index (κ2) is 35.4. The molecule has 0 saturated heterocycles. The molecule has 0 aromatic carbocycles. The number of nitrogens with one attached hydrogen (secondary N) is 1. The quantitative estimate of drug-likeness (QED) is 0.0412. The zero-order valence-corrected chi connectivity index (χ0v) is 34.4.